The molecular formula is C21H20F6N4O4S. The second kappa shape index (κ2) is 9.10. The fraction of sp³-hybridized carbons (Fsp3) is 0.429. The highest BCUT2D eigenvalue weighted by atomic mass is 32.2. The number of anilines is 2. The summed E-state index contributed by atoms with van der Waals surface area (Å²) in [6.45, 7) is -4.90. The van der Waals surface area contributed by atoms with E-state index in [0.29, 0.717) is 6.07 Å². The Morgan fingerprint density at radius 2 is 2.06 bits per heavy atom. The molecule has 0 saturated carbocycles. The van der Waals surface area contributed by atoms with Gasteiger partial charge in [-0.2, -0.15) is 13.2 Å². The Kier molecular flexibility index (Phi) is 6.58. The van der Waals surface area contributed by atoms with Crippen LogP contribution >= 0.6 is 0 Å². The molecular weight excluding hydrogens is 518 g/mol. The molecule has 0 bridgehead atoms. The van der Waals surface area contributed by atoms with E-state index in [2.05, 4.69) is 15.0 Å². The molecule has 1 amide bonds. The maximum absolute atomic E-state index is 14.4. The molecule has 0 aliphatic carbocycles. The number of nitrogens with one attached hydrogen (secondary N) is 2. The first kappa shape index (κ1) is 26.0. The molecule has 2 N–H and O–H groups in total. The van der Waals surface area contributed by atoms with Crippen molar-refractivity contribution in [3.05, 3.63) is 42.1 Å². The van der Waals surface area contributed by atoms with Crippen LogP contribution in [0.4, 0.5) is 37.7 Å². The third-order valence-electron chi connectivity index (χ3n) is 5.82. The van der Waals surface area contributed by atoms with E-state index >= 15 is 0 Å². The Balaban J connectivity index is 1.72. The number of aromatic nitrogens is 1. The molecule has 4 rings (SSSR count). The van der Waals surface area contributed by atoms with E-state index in [0.717, 1.165) is 17.2 Å². The SMILES string of the molecule is C[S@@](=N)(=O)c1cc(NC(=O)C2CC3(CN2c2ccc(F)c(F)c2OC(F)F)CC(F)(F)CO3)ccn1. The molecule has 36 heavy (non-hydrogen) atoms. The van der Waals surface area contributed by atoms with Gasteiger partial charge in [0.1, 0.15) is 17.7 Å². The summed E-state index contributed by atoms with van der Waals surface area (Å²) in [6, 6.07) is 2.69. The number of carbonyl (C=O) groups excluding carboxylic acids is 1. The number of nitrogens with zero attached hydrogens (tertiary/aromatic N) is 2. The molecule has 15 heteroatoms. The second-order valence-electron chi connectivity index (χ2n) is 8.66. The molecule has 2 fully saturated rings. The molecule has 2 aliphatic heterocycles. The zero-order valence-corrected chi connectivity index (χ0v) is 19.4. The Bertz CT molecular complexity index is 1300. The van der Waals surface area contributed by atoms with Crippen molar-refractivity contribution in [1.29, 1.82) is 4.78 Å². The average Bonchev–Trinajstić information content (AvgIpc) is 3.29. The highest BCUT2D eigenvalue weighted by Crippen LogP contribution is 2.48. The number of amides is 1. The van der Waals surface area contributed by atoms with Crippen LogP contribution in [0.5, 0.6) is 5.75 Å². The van der Waals surface area contributed by atoms with E-state index in [1.807, 2.05) is 0 Å². The molecule has 2 aliphatic rings. The van der Waals surface area contributed by atoms with E-state index in [1.165, 1.54) is 18.3 Å². The normalized spacial score (nSPS) is 24.8. The van der Waals surface area contributed by atoms with Crippen molar-refractivity contribution in [2.24, 2.45) is 0 Å². The lowest BCUT2D eigenvalue weighted by Crippen LogP contribution is -2.40. The molecule has 1 aromatic carbocycles. The van der Waals surface area contributed by atoms with E-state index in [1.54, 1.807) is 0 Å². The number of carbonyl (C=O) groups is 1. The maximum atomic E-state index is 14.4. The standard InChI is InChI=1S/C21H20F6N4O4S/c1-36(28,33)15-6-11(4-5-29-15)30-18(32)14-7-20(8-21(26,27)10-34-20)9-31(14)13-3-2-12(22)16(23)17(13)35-19(24)25/h2-6,14,19,28H,7-10H2,1H3,(H,29,30,32)/t14?,20?,36-/m1/s1. The Morgan fingerprint density at radius 3 is 2.67 bits per heavy atom. The summed E-state index contributed by atoms with van der Waals surface area (Å²) in [5.74, 6) is -8.46. The lowest BCUT2D eigenvalue weighted by molar-refractivity contribution is -0.117. The van der Waals surface area contributed by atoms with Crippen LogP contribution in [0.15, 0.2) is 35.5 Å². The number of hydrogen-bond acceptors (Lipinski definition) is 7. The summed E-state index contributed by atoms with van der Waals surface area (Å²) >= 11 is 0. The predicted octanol–water partition coefficient (Wildman–Crippen LogP) is 4.01. The number of alkyl halides is 4. The Hall–Kier alpha value is -3.07. The molecule has 3 atom stereocenters. The van der Waals surface area contributed by atoms with Crippen LogP contribution in [0.1, 0.15) is 12.8 Å². The monoisotopic (exact) mass is 538 g/mol. The van der Waals surface area contributed by atoms with Crippen molar-refractivity contribution in [3.8, 4) is 5.75 Å². The van der Waals surface area contributed by atoms with E-state index < -0.39 is 82.5 Å². The minimum absolute atomic E-state index is 0.0692. The number of benzene rings is 1. The van der Waals surface area contributed by atoms with Crippen molar-refractivity contribution in [3.63, 3.8) is 0 Å². The highest BCUT2D eigenvalue weighted by molar-refractivity contribution is 7.91. The topological polar surface area (TPSA) is 105 Å². The lowest BCUT2D eigenvalue weighted by Gasteiger charge is -2.28. The number of pyridine rings is 1. The summed E-state index contributed by atoms with van der Waals surface area (Å²) < 4.78 is 111. The molecule has 196 valence electrons. The average molecular weight is 538 g/mol. The number of ether oxygens (including phenoxy) is 2. The minimum atomic E-state index is -3.54. The summed E-state index contributed by atoms with van der Waals surface area (Å²) in [5.41, 5.74) is -1.97. The van der Waals surface area contributed by atoms with Crippen molar-refractivity contribution < 1.29 is 44.8 Å². The second-order valence-corrected chi connectivity index (χ2v) is 10.8. The van der Waals surface area contributed by atoms with Crippen LogP contribution < -0.4 is 15.0 Å². The zero-order chi connectivity index (χ0) is 26.5. The van der Waals surface area contributed by atoms with Crippen LogP contribution in [-0.2, 0) is 19.3 Å². The van der Waals surface area contributed by atoms with Gasteiger partial charge in [0.25, 0.3) is 5.92 Å². The third kappa shape index (κ3) is 5.21. The first-order valence-electron chi connectivity index (χ1n) is 10.4. The van der Waals surface area contributed by atoms with Gasteiger partial charge in [-0.15, -0.1) is 0 Å². The summed E-state index contributed by atoms with van der Waals surface area (Å²) in [5, 5.41) is 2.35. The quantitative estimate of drug-likeness (QED) is 0.539. The lowest BCUT2D eigenvalue weighted by atomic mass is 9.95. The predicted molar refractivity (Wildman–Crippen MR) is 115 cm³/mol. The molecule has 2 saturated heterocycles. The first-order valence-corrected chi connectivity index (χ1v) is 12.4. The number of halogens is 6. The van der Waals surface area contributed by atoms with Gasteiger partial charge in [0.2, 0.25) is 11.7 Å². The molecule has 2 aromatic rings. The van der Waals surface area contributed by atoms with Gasteiger partial charge in [0, 0.05) is 37.5 Å². The van der Waals surface area contributed by atoms with Gasteiger partial charge in [-0.05, 0) is 24.3 Å². The van der Waals surface area contributed by atoms with Gasteiger partial charge in [0.15, 0.2) is 11.6 Å². The van der Waals surface area contributed by atoms with Gasteiger partial charge < -0.3 is 19.7 Å². The molecule has 0 radical (unpaired) electrons. The number of hydrogen-bond donors (Lipinski definition) is 2. The molecule has 1 aromatic heterocycles. The minimum Gasteiger partial charge on any atom is -0.429 e. The van der Waals surface area contributed by atoms with Crippen LogP contribution in [0.2, 0.25) is 0 Å². The highest BCUT2D eigenvalue weighted by Gasteiger charge is 2.58. The van der Waals surface area contributed by atoms with E-state index in [9.17, 15) is 35.3 Å². The van der Waals surface area contributed by atoms with Gasteiger partial charge >= 0.3 is 6.61 Å². The largest absolute Gasteiger partial charge is 0.429 e. The zero-order valence-electron chi connectivity index (χ0n) is 18.6. The Morgan fingerprint density at radius 1 is 1.33 bits per heavy atom. The van der Waals surface area contributed by atoms with Crippen molar-refractivity contribution in [2.75, 3.05) is 29.6 Å². The van der Waals surface area contributed by atoms with E-state index in [4.69, 9.17) is 9.52 Å². The van der Waals surface area contributed by atoms with Gasteiger partial charge in [-0.3, -0.25) is 4.79 Å². The van der Waals surface area contributed by atoms with Gasteiger partial charge in [-0.25, -0.2) is 27.1 Å². The van der Waals surface area contributed by atoms with Crippen LogP contribution in [-0.4, -0.2) is 58.7 Å². The maximum Gasteiger partial charge on any atom is 0.387 e. The number of rotatable bonds is 6. The van der Waals surface area contributed by atoms with Crippen molar-refractivity contribution in [1.82, 2.24) is 4.98 Å². The van der Waals surface area contributed by atoms with Crippen molar-refractivity contribution in [2.45, 2.75) is 42.0 Å². The van der Waals surface area contributed by atoms with Crippen LogP contribution in [0.25, 0.3) is 0 Å². The van der Waals surface area contributed by atoms with Crippen LogP contribution in [0, 0.1) is 16.4 Å². The van der Waals surface area contributed by atoms with E-state index in [-0.39, 0.29) is 17.1 Å². The Labute approximate surface area is 201 Å². The summed E-state index contributed by atoms with van der Waals surface area (Å²) in [6.07, 6.45) is 1.20. The first-order chi connectivity index (χ1) is 16.7. The van der Waals surface area contributed by atoms with Gasteiger partial charge in [0.05, 0.1) is 21.0 Å². The molecule has 8 nitrogen and oxygen atoms in total. The fourth-order valence-electron chi connectivity index (χ4n) is 4.37. The third-order valence-corrected chi connectivity index (χ3v) is 6.84. The molecule has 3 heterocycles. The van der Waals surface area contributed by atoms with Crippen LogP contribution in [0.3, 0.4) is 0 Å². The summed E-state index contributed by atoms with van der Waals surface area (Å²) in [4.78, 5) is 18.1. The smallest absolute Gasteiger partial charge is 0.387 e. The summed E-state index contributed by atoms with van der Waals surface area (Å²) in [7, 11) is -3.23. The fourth-order valence-corrected chi connectivity index (χ4v) is 4.99. The van der Waals surface area contributed by atoms with Gasteiger partial charge in [-0.1, -0.05) is 0 Å². The molecule has 2 unspecified atom stereocenters. The molecule has 1 spiro atoms. The van der Waals surface area contributed by atoms with Crippen molar-refractivity contribution >= 4 is 27.0 Å².